The van der Waals surface area contributed by atoms with E-state index in [2.05, 4.69) is 0 Å². The minimum absolute atomic E-state index is 0.120. The summed E-state index contributed by atoms with van der Waals surface area (Å²) in [5, 5.41) is 18.4. The fraction of sp³-hybridized carbons (Fsp3) is 0.357. The van der Waals surface area contributed by atoms with Crippen molar-refractivity contribution in [3.05, 3.63) is 35.4 Å². The van der Waals surface area contributed by atoms with Crippen molar-refractivity contribution in [2.75, 3.05) is 26.8 Å². The van der Waals surface area contributed by atoms with Gasteiger partial charge >= 0.3 is 6.09 Å². The molecule has 5 nitrogen and oxygen atoms in total. The maximum absolute atomic E-state index is 10.9. The smallest absolute Gasteiger partial charge is 0.407 e. The second-order valence-electron chi connectivity index (χ2n) is 4.42. The number of nitrogens with zero attached hydrogens (tertiary/aromatic N) is 1. The Balaban J connectivity index is 2.28. The van der Waals surface area contributed by atoms with Crippen LogP contribution in [0.15, 0.2) is 29.8 Å². The monoisotopic (exact) mass is 263 g/mol. The van der Waals surface area contributed by atoms with E-state index in [9.17, 15) is 9.90 Å². The highest BCUT2D eigenvalue weighted by atomic mass is 16.5. The van der Waals surface area contributed by atoms with E-state index in [0.717, 1.165) is 22.5 Å². The highest BCUT2D eigenvalue weighted by Gasteiger charge is 2.22. The number of hydrogen-bond acceptors (Lipinski definition) is 3. The van der Waals surface area contributed by atoms with Crippen molar-refractivity contribution < 1.29 is 19.7 Å². The van der Waals surface area contributed by atoms with Crippen molar-refractivity contribution in [2.24, 2.45) is 0 Å². The lowest BCUT2D eigenvalue weighted by atomic mass is 9.94. The maximum Gasteiger partial charge on any atom is 0.407 e. The Morgan fingerprint density at radius 2 is 2.05 bits per heavy atom. The molecule has 0 saturated heterocycles. The Morgan fingerprint density at radius 3 is 2.58 bits per heavy atom. The molecule has 0 fully saturated rings. The molecule has 0 aromatic heterocycles. The van der Waals surface area contributed by atoms with E-state index in [1.807, 2.05) is 24.3 Å². The van der Waals surface area contributed by atoms with E-state index >= 15 is 0 Å². The topological polar surface area (TPSA) is 70.0 Å². The molecular formula is C14H17NO4. The zero-order chi connectivity index (χ0) is 13.8. The molecule has 0 unspecified atom stereocenters. The van der Waals surface area contributed by atoms with E-state index in [1.165, 1.54) is 4.90 Å². The molecule has 2 N–H and O–H groups in total. The van der Waals surface area contributed by atoms with Gasteiger partial charge < -0.3 is 19.8 Å². The third kappa shape index (κ3) is 2.88. The molecule has 1 amide bonds. The molecular weight excluding hydrogens is 246 g/mol. The van der Waals surface area contributed by atoms with Gasteiger partial charge in [0.05, 0.1) is 13.7 Å². The van der Waals surface area contributed by atoms with Crippen LogP contribution >= 0.6 is 0 Å². The molecule has 5 heteroatoms. The zero-order valence-corrected chi connectivity index (χ0v) is 10.8. The van der Waals surface area contributed by atoms with Gasteiger partial charge in [-0.05, 0) is 35.3 Å². The van der Waals surface area contributed by atoms with Gasteiger partial charge in [0.15, 0.2) is 0 Å². The summed E-state index contributed by atoms with van der Waals surface area (Å²) in [5.41, 5.74) is 2.80. The van der Waals surface area contributed by atoms with E-state index in [1.54, 1.807) is 7.11 Å². The van der Waals surface area contributed by atoms with Gasteiger partial charge in [-0.15, -0.1) is 0 Å². The first-order valence-corrected chi connectivity index (χ1v) is 6.09. The summed E-state index contributed by atoms with van der Waals surface area (Å²) >= 11 is 0. The van der Waals surface area contributed by atoms with E-state index in [0.29, 0.717) is 13.0 Å². The quantitative estimate of drug-likeness (QED) is 0.872. The van der Waals surface area contributed by atoms with Crippen LogP contribution in [0, 0.1) is 0 Å². The average Bonchev–Trinajstić information content (AvgIpc) is 2.46. The van der Waals surface area contributed by atoms with Crippen molar-refractivity contribution in [1.82, 2.24) is 4.90 Å². The number of amides is 1. The van der Waals surface area contributed by atoms with Crippen molar-refractivity contribution in [1.29, 1.82) is 0 Å². The van der Waals surface area contributed by atoms with Gasteiger partial charge in [0.2, 0.25) is 0 Å². The lowest BCUT2D eigenvalue weighted by Crippen LogP contribution is -2.36. The largest absolute Gasteiger partial charge is 0.497 e. The summed E-state index contributed by atoms with van der Waals surface area (Å²) in [5.74, 6) is 0.776. The fourth-order valence-corrected chi connectivity index (χ4v) is 2.28. The third-order valence-corrected chi connectivity index (χ3v) is 3.34. The lowest BCUT2D eigenvalue weighted by Gasteiger charge is -2.28. The van der Waals surface area contributed by atoms with Crippen molar-refractivity contribution in [3.8, 4) is 5.75 Å². The van der Waals surface area contributed by atoms with Crippen LogP contribution in [0.3, 0.4) is 0 Å². The molecule has 0 radical (unpaired) electrons. The van der Waals surface area contributed by atoms with Gasteiger partial charge in [-0.2, -0.15) is 0 Å². The molecule has 102 valence electrons. The van der Waals surface area contributed by atoms with Crippen LogP contribution in [0.2, 0.25) is 0 Å². The molecule has 1 aromatic rings. The predicted molar refractivity (Wildman–Crippen MR) is 71.2 cm³/mol. The van der Waals surface area contributed by atoms with Gasteiger partial charge in [0, 0.05) is 13.1 Å². The Kier molecular flexibility index (Phi) is 4.06. The predicted octanol–water partition coefficient (Wildman–Crippen LogP) is 1.82. The van der Waals surface area contributed by atoms with Crippen LogP contribution in [-0.4, -0.2) is 48.0 Å². The van der Waals surface area contributed by atoms with Crippen molar-refractivity contribution in [3.63, 3.8) is 0 Å². The molecule has 0 bridgehead atoms. The molecule has 1 heterocycles. The fourth-order valence-electron chi connectivity index (χ4n) is 2.28. The minimum atomic E-state index is -0.945. The maximum atomic E-state index is 10.9. The summed E-state index contributed by atoms with van der Waals surface area (Å²) in [6, 6.07) is 7.59. The third-order valence-electron chi connectivity index (χ3n) is 3.34. The van der Waals surface area contributed by atoms with Crippen LogP contribution in [0.5, 0.6) is 5.75 Å². The molecule has 0 aliphatic carbocycles. The number of aliphatic hydroxyl groups is 1. The summed E-state index contributed by atoms with van der Waals surface area (Å²) in [7, 11) is 1.61. The number of methoxy groups -OCH3 is 1. The highest BCUT2D eigenvalue weighted by Crippen LogP contribution is 2.28. The van der Waals surface area contributed by atoms with Crippen molar-refractivity contribution in [2.45, 2.75) is 6.42 Å². The van der Waals surface area contributed by atoms with Crippen LogP contribution < -0.4 is 4.74 Å². The Labute approximate surface area is 111 Å². The summed E-state index contributed by atoms with van der Waals surface area (Å²) in [6.45, 7) is 0.610. The second-order valence-corrected chi connectivity index (χ2v) is 4.42. The van der Waals surface area contributed by atoms with Gasteiger partial charge in [0.1, 0.15) is 5.75 Å². The molecule has 1 aliphatic rings. The first-order chi connectivity index (χ1) is 9.15. The van der Waals surface area contributed by atoms with Gasteiger partial charge in [-0.25, -0.2) is 4.79 Å². The molecule has 1 aromatic carbocycles. The molecule has 0 atom stereocenters. The average molecular weight is 263 g/mol. The number of aliphatic hydroxyl groups excluding tert-OH is 1. The van der Waals surface area contributed by atoms with Crippen LogP contribution in [0.25, 0.3) is 5.57 Å². The summed E-state index contributed by atoms with van der Waals surface area (Å²) in [6.07, 6.45) is -0.325. The highest BCUT2D eigenvalue weighted by molar-refractivity contribution is 5.74. The van der Waals surface area contributed by atoms with Gasteiger partial charge in [-0.3, -0.25) is 0 Å². The number of hydrogen-bond donors (Lipinski definition) is 2. The zero-order valence-electron chi connectivity index (χ0n) is 10.8. The van der Waals surface area contributed by atoms with Crippen LogP contribution in [0.1, 0.15) is 12.0 Å². The second kappa shape index (κ2) is 5.75. The number of carbonyl (C=O) groups is 1. The van der Waals surface area contributed by atoms with E-state index in [-0.39, 0.29) is 13.2 Å². The van der Waals surface area contributed by atoms with Gasteiger partial charge in [0.25, 0.3) is 0 Å². The summed E-state index contributed by atoms with van der Waals surface area (Å²) in [4.78, 5) is 12.3. The van der Waals surface area contributed by atoms with Crippen LogP contribution in [0.4, 0.5) is 4.79 Å². The SMILES string of the molecule is COc1ccc(C2=C(CO)CN(C(=O)O)CC2)cc1. The minimum Gasteiger partial charge on any atom is -0.497 e. The number of benzene rings is 1. The standard InChI is InChI=1S/C14H17NO4/c1-19-12-4-2-10(3-5-12)13-6-7-15(14(17)18)8-11(13)9-16/h2-5,16H,6-9H2,1H3,(H,17,18). The number of carboxylic acid groups (broad SMARTS) is 1. The molecule has 19 heavy (non-hydrogen) atoms. The molecule has 2 rings (SSSR count). The van der Waals surface area contributed by atoms with Crippen molar-refractivity contribution >= 4 is 11.7 Å². The Morgan fingerprint density at radius 1 is 1.37 bits per heavy atom. The number of ether oxygens (including phenoxy) is 1. The normalized spacial score (nSPS) is 15.6. The van der Waals surface area contributed by atoms with Gasteiger partial charge in [-0.1, -0.05) is 12.1 Å². The Bertz CT molecular complexity index is 493. The molecule has 1 aliphatic heterocycles. The molecule has 0 spiro atoms. The number of rotatable bonds is 3. The summed E-state index contributed by atoms with van der Waals surface area (Å²) < 4.78 is 5.11. The lowest BCUT2D eigenvalue weighted by molar-refractivity contribution is 0.147. The Hall–Kier alpha value is -2.01. The molecule has 0 saturated carbocycles. The van der Waals surface area contributed by atoms with Crippen LogP contribution in [-0.2, 0) is 0 Å². The first-order valence-electron chi connectivity index (χ1n) is 6.09. The van der Waals surface area contributed by atoms with E-state index < -0.39 is 6.09 Å². The van der Waals surface area contributed by atoms with E-state index in [4.69, 9.17) is 9.84 Å². The first kappa shape index (κ1) is 13.4.